The highest BCUT2D eigenvalue weighted by Gasteiger charge is 2.25. The highest BCUT2D eigenvalue weighted by molar-refractivity contribution is 5.90. The van der Waals surface area contributed by atoms with Crippen molar-refractivity contribution in [3.05, 3.63) is 166 Å². The van der Waals surface area contributed by atoms with Crippen molar-refractivity contribution in [2.45, 2.75) is 194 Å². The molecule has 0 bridgehead atoms. The second kappa shape index (κ2) is 33.8. The average molecular weight is 1020 g/mol. The van der Waals surface area contributed by atoms with Crippen molar-refractivity contribution in [2.75, 3.05) is 13.2 Å². The van der Waals surface area contributed by atoms with Gasteiger partial charge in [-0.1, -0.05) is 216 Å². The molecule has 2 aromatic heterocycles. The maximum atomic E-state index is 13.3. The predicted octanol–water partition coefficient (Wildman–Crippen LogP) is 17.6. The molecule has 2 heterocycles. The summed E-state index contributed by atoms with van der Waals surface area (Å²) in [5, 5.41) is 0. The van der Waals surface area contributed by atoms with E-state index >= 15 is 0 Å². The fraction of sp³-hybridized carbons (Fsp3) is 0.485. The Bertz CT molecular complexity index is 2320. The summed E-state index contributed by atoms with van der Waals surface area (Å²) in [5.74, 6) is 0.678. The van der Waals surface area contributed by atoms with Gasteiger partial charge in [-0.25, -0.2) is 29.5 Å². The molecule has 2 atom stereocenters. The van der Waals surface area contributed by atoms with E-state index in [0.29, 0.717) is 36.0 Å². The zero-order valence-corrected chi connectivity index (χ0v) is 45.9. The zero-order chi connectivity index (χ0) is 52.7. The van der Waals surface area contributed by atoms with Crippen molar-refractivity contribution in [1.82, 2.24) is 19.9 Å². The number of aromatic nitrogens is 4. The van der Waals surface area contributed by atoms with Gasteiger partial charge in [-0.3, -0.25) is 0 Å². The quantitative estimate of drug-likeness (QED) is 0.0280. The number of ether oxygens (including phenoxy) is 3. The van der Waals surface area contributed by atoms with Crippen LogP contribution < -0.4 is 0 Å². The number of benzene rings is 4. The van der Waals surface area contributed by atoms with Crippen LogP contribution in [0.3, 0.4) is 0 Å². The molecule has 6 aromatic rings. The van der Waals surface area contributed by atoms with Gasteiger partial charge in [0.2, 0.25) is 0 Å². The highest BCUT2D eigenvalue weighted by Crippen LogP contribution is 2.38. The third kappa shape index (κ3) is 19.9. The SMILES string of the molecule is CCCCCCCCOC(=O)c1ccc(C(OC(c2ccc(C(=O)OCCCCCCCC)cc2)c2ccc(-c3ncc(CCCCCCC)cn3)cc2)c2ccc(-c3ncc(CCCCCCC)cn3)cc2)cc1. The molecule has 6 rings (SSSR count). The first-order chi connectivity index (χ1) is 36.9. The number of hydrogen-bond donors (Lipinski definition) is 0. The van der Waals surface area contributed by atoms with Crippen LogP contribution in [0.2, 0.25) is 0 Å². The third-order valence-corrected chi connectivity index (χ3v) is 14.1. The van der Waals surface area contributed by atoms with Crippen molar-refractivity contribution in [3.63, 3.8) is 0 Å². The molecule has 0 N–H and O–H groups in total. The minimum atomic E-state index is -0.576. The van der Waals surface area contributed by atoms with Crippen LogP contribution >= 0.6 is 0 Å². The molecule has 0 saturated carbocycles. The maximum absolute atomic E-state index is 13.3. The summed E-state index contributed by atoms with van der Waals surface area (Å²) in [4.78, 5) is 45.6. The largest absolute Gasteiger partial charge is 0.462 e. The average Bonchev–Trinajstić information content (AvgIpc) is 3.45. The first-order valence-corrected chi connectivity index (χ1v) is 28.9. The Hall–Kier alpha value is -6.06. The third-order valence-electron chi connectivity index (χ3n) is 14.1. The van der Waals surface area contributed by atoms with Gasteiger partial charge >= 0.3 is 11.9 Å². The van der Waals surface area contributed by atoms with E-state index in [4.69, 9.17) is 34.1 Å². The number of aryl methyl sites for hydroxylation is 2. The van der Waals surface area contributed by atoms with Crippen LogP contribution in [0.25, 0.3) is 22.8 Å². The number of nitrogens with zero attached hydrogens (tertiary/aromatic N) is 4. The van der Waals surface area contributed by atoms with Gasteiger partial charge in [0.25, 0.3) is 0 Å². The molecule has 0 saturated heterocycles. The Morgan fingerprint density at radius 2 is 0.640 bits per heavy atom. The van der Waals surface area contributed by atoms with Gasteiger partial charge in [0.15, 0.2) is 11.6 Å². The van der Waals surface area contributed by atoms with Gasteiger partial charge < -0.3 is 14.2 Å². The number of carbonyl (C=O) groups is 2. The molecule has 75 heavy (non-hydrogen) atoms. The monoisotopic (exact) mass is 1010 g/mol. The minimum absolute atomic E-state index is 0.330. The van der Waals surface area contributed by atoms with Crippen LogP contribution in [-0.2, 0) is 27.1 Å². The summed E-state index contributed by atoms with van der Waals surface area (Å²) in [6.45, 7) is 9.72. The summed E-state index contributed by atoms with van der Waals surface area (Å²) in [7, 11) is 0. The van der Waals surface area contributed by atoms with Crippen LogP contribution in [0, 0.1) is 0 Å². The van der Waals surface area contributed by atoms with Crippen LogP contribution in [-0.4, -0.2) is 45.1 Å². The zero-order valence-electron chi connectivity index (χ0n) is 45.9. The smallest absolute Gasteiger partial charge is 0.338 e. The van der Waals surface area contributed by atoms with Gasteiger partial charge in [0, 0.05) is 35.9 Å². The van der Waals surface area contributed by atoms with E-state index in [1.54, 1.807) is 0 Å². The lowest BCUT2D eigenvalue weighted by atomic mass is 9.95. The Morgan fingerprint density at radius 1 is 0.360 bits per heavy atom. The van der Waals surface area contributed by atoms with Crippen molar-refractivity contribution in [3.8, 4) is 22.8 Å². The molecule has 400 valence electrons. The Kier molecular flexibility index (Phi) is 26.2. The Labute approximate surface area is 450 Å². The number of carbonyl (C=O) groups excluding carboxylic acids is 2. The Balaban J connectivity index is 1.27. The molecule has 0 radical (unpaired) electrons. The summed E-state index contributed by atoms with van der Waals surface area (Å²) in [5.41, 5.74) is 8.67. The van der Waals surface area contributed by atoms with E-state index in [0.717, 1.165) is 109 Å². The lowest BCUT2D eigenvalue weighted by Crippen LogP contribution is -2.14. The first kappa shape index (κ1) is 58.2. The molecule has 0 aliphatic rings. The van der Waals surface area contributed by atoms with E-state index in [-0.39, 0.29) is 11.9 Å². The van der Waals surface area contributed by atoms with E-state index in [2.05, 4.69) is 52.0 Å². The topological polar surface area (TPSA) is 113 Å². The molecular weight excluding hydrogens is 929 g/mol. The van der Waals surface area contributed by atoms with Crippen molar-refractivity contribution >= 4 is 11.9 Å². The van der Waals surface area contributed by atoms with Gasteiger partial charge in [-0.15, -0.1) is 0 Å². The standard InChI is InChI=1S/C66H86N4O5/c1-5-9-13-17-21-25-45-73-65(71)59-41-33-55(34-42-59)61(53-29-37-57(38-30-53)63-67-47-51(48-68-63)27-23-19-15-11-7-3)75-62(56-35-43-60(44-36-56)66(72)74-46-26-22-18-14-10-6-2)54-31-39-58(40-32-54)64-69-49-52(50-70-64)28-24-20-16-12-8-4/h29-44,47-50,61-62H,5-28,45-46H2,1-4H3. The van der Waals surface area contributed by atoms with Crippen molar-refractivity contribution in [1.29, 1.82) is 0 Å². The fourth-order valence-corrected chi connectivity index (χ4v) is 9.43. The first-order valence-electron chi connectivity index (χ1n) is 28.9. The minimum Gasteiger partial charge on any atom is -0.462 e. The number of unbranched alkanes of at least 4 members (excludes halogenated alkanes) is 18. The molecule has 0 fully saturated rings. The van der Waals surface area contributed by atoms with Crippen LogP contribution in [0.4, 0.5) is 0 Å². The van der Waals surface area contributed by atoms with Crippen LogP contribution in [0.5, 0.6) is 0 Å². The molecular formula is C66H86N4O5. The molecule has 0 spiro atoms. The number of hydrogen-bond acceptors (Lipinski definition) is 9. The van der Waals surface area contributed by atoms with Crippen molar-refractivity contribution in [2.24, 2.45) is 0 Å². The second-order valence-electron chi connectivity index (χ2n) is 20.3. The fourth-order valence-electron chi connectivity index (χ4n) is 9.43. The molecule has 0 aliphatic heterocycles. The second-order valence-corrected chi connectivity index (χ2v) is 20.3. The summed E-state index contributed by atoms with van der Waals surface area (Å²) >= 11 is 0. The highest BCUT2D eigenvalue weighted by atomic mass is 16.5. The summed E-state index contributed by atoms with van der Waals surface area (Å²) in [6, 6.07) is 31.6. The Morgan fingerprint density at radius 3 is 0.960 bits per heavy atom. The molecule has 2 unspecified atom stereocenters. The van der Waals surface area contributed by atoms with E-state index in [9.17, 15) is 9.59 Å². The summed E-state index contributed by atoms with van der Waals surface area (Å²) in [6.07, 6.45) is 34.3. The maximum Gasteiger partial charge on any atom is 0.338 e. The van der Waals surface area contributed by atoms with Gasteiger partial charge in [-0.2, -0.15) is 0 Å². The molecule has 0 amide bonds. The molecule has 4 aromatic carbocycles. The van der Waals surface area contributed by atoms with Gasteiger partial charge in [0.05, 0.1) is 24.3 Å². The van der Waals surface area contributed by atoms with E-state index < -0.39 is 12.2 Å². The van der Waals surface area contributed by atoms with Crippen LogP contribution in [0.15, 0.2) is 122 Å². The number of rotatable bonds is 36. The van der Waals surface area contributed by atoms with Gasteiger partial charge in [0.1, 0.15) is 12.2 Å². The number of esters is 2. The molecule has 0 aliphatic carbocycles. The van der Waals surface area contributed by atoms with Crippen molar-refractivity contribution < 1.29 is 23.8 Å². The normalized spacial score (nSPS) is 12.1. The predicted molar refractivity (Wildman–Crippen MR) is 305 cm³/mol. The van der Waals surface area contributed by atoms with Crippen LogP contribution in [0.1, 0.15) is 235 Å². The van der Waals surface area contributed by atoms with E-state index in [1.807, 2.05) is 97.6 Å². The molecule has 9 nitrogen and oxygen atoms in total. The summed E-state index contributed by atoms with van der Waals surface area (Å²) < 4.78 is 18.8. The molecule has 9 heteroatoms. The lowest BCUT2D eigenvalue weighted by molar-refractivity contribution is 0.0307. The van der Waals surface area contributed by atoms with E-state index in [1.165, 1.54) is 89.9 Å². The van der Waals surface area contributed by atoms with Gasteiger partial charge in [-0.05, 0) is 96.2 Å². The lowest BCUT2D eigenvalue weighted by Gasteiger charge is -2.27.